The summed E-state index contributed by atoms with van der Waals surface area (Å²) in [6.07, 6.45) is 15.5. The van der Waals surface area contributed by atoms with Crippen molar-refractivity contribution in [2.45, 2.75) is 32.6 Å². The number of allylic oxidation sites excluding steroid dienone is 5. The molecular weight excluding hydrogens is 364 g/mol. The lowest BCUT2D eigenvalue weighted by Crippen LogP contribution is -2.13. The predicted octanol–water partition coefficient (Wildman–Crippen LogP) is 7.27. The van der Waals surface area contributed by atoms with Crippen molar-refractivity contribution in [2.24, 2.45) is 0 Å². The third kappa shape index (κ3) is 3.95. The van der Waals surface area contributed by atoms with Crippen LogP contribution in [0.15, 0.2) is 79.0 Å². The van der Waals surface area contributed by atoms with E-state index in [9.17, 15) is 0 Å². The Bertz CT molecular complexity index is 1120. The molecule has 2 nitrogen and oxygen atoms in total. The maximum Gasteiger partial charge on any atom is 0.0947 e. The van der Waals surface area contributed by atoms with Gasteiger partial charge in [-0.3, -0.25) is 4.98 Å². The maximum absolute atomic E-state index is 4.86. The standard InChI is InChI=1S/C28H30N2/c1-4-12-23(21-15-10-7-11-16-21)26-18-17-25-24(22-13-8-5-6-9-14-22)19-20-29-27(25)28(26)30(2)3/h5,7-8,10-12,14-20H,4,6,9,13H2,1-3H3/b23-12-. The Balaban J connectivity index is 1.95. The number of fused-ring (bicyclic) bond motifs is 1. The Morgan fingerprint density at radius 1 is 1.00 bits per heavy atom. The highest BCUT2D eigenvalue weighted by Crippen LogP contribution is 2.39. The molecule has 0 saturated heterocycles. The van der Waals surface area contributed by atoms with Gasteiger partial charge in [-0.05, 0) is 54.0 Å². The average molecular weight is 395 g/mol. The van der Waals surface area contributed by atoms with Gasteiger partial charge >= 0.3 is 0 Å². The topological polar surface area (TPSA) is 16.1 Å². The van der Waals surface area contributed by atoms with E-state index >= 15 is 0 Å². The second kappa shape index (κ2) is 9.13. The van der Waals surface area contributed by atoms with E-state index in [1.165, 1.54) is 38.9 Å². The lowest BCUT2D eigenvalue weighted by atomic mass is 9.91. The summed E-state index contributed by atoms with van der Waals surface area (Å²) in [6, 6.07) is 17.4. The smallest absolute Gasteiger partial charge is 0.0947 e. The fourth-order valence-electron chi connectivity index (χ4n) is 4.34. The minimum Gasteiger partial charge on any atom is -0.375 e. The van der Waals surface area contributed by atoms with Crippen molar-refractivity contribution in [3.8, 4) is 0 Å². The Morgan fingerprint density at radius 2 is 1.83 bits per heavy atom. The van der Waals surface area contributed by atoms with Gasteiger partial charge in [0, 0.05) is 31.2 Å². The molecule has 1 aromatic heterocycles. The van der Waals surface area contributed by atoms with E-state index in [0.29, 0.717) is 0 Å². The average Bonchev–Trinajstić information content (AvgIpc) is 3.06. The highest BCUT2D eigenvalue weighted by atomic mass is 15.1. The summed E-state index contributed by atoms with van der Waals surface area (Å²) in [5.74, 6) is 0. The zero-order valence-electron chi connectivity index (χ0n) is 18.2. The third-order valence-electron chi connectivity index (χ3n) is 5.69. The summed E-state index contributed by atoms with van der Waals surface area (Å²) in [5, 5.41) is 1.23. The van der Waals surface area contributed by atoms with E-state index in [2.05, 4.69) is 98.8 Å². The van der Waals surface area contributed by atoms with Crippen molar-refractivity contribution < 1.29 is 0 Å². The summed E-state index contributed by atoms with van der Waals surface area (Å²) >= 11 is 0. The first kappa shape index (κ1) is 20.2. The third-order valence-corrected chi connectivity index (χ3v) is 5.69. The summed E-state index contributed by atoms with van der Waals surface area (Å²) in [5.41, 5.74) is 8.72. The molecule has 0 bridgehead atoms. The van der Waals surface area contributed by atoms with E-state index in [0.717, 1.165) is 31.2 Å². The van der Waals surface area contributed by atoms with Crippen LogP contribution in [0.4, 0.5) is 5.69 Å². The first-order valence-electron chi connectivity index (χ1n) is 10.9. The SMILES string of the molecule is CC/C=C(/c1ccccc1)c1ccc2c(C3=CCCC=CC3)ccnc2c1N(C)C. The molecule has 1 heterocycles. The molecule has 0 fully saturated rings. The number of nitrogens with zero attached hydrogens (tertiary/aromatic N) is 2. The first-order valence-corrected chi connectivity index (χ1v) is 10.9. The Labute approximate surface area is 180 Å². The molecule has 0 atom stereocenters. The normalized spacial score (nSPS) is 14.5. The van der Waals surface area contributed by atoms with Gasteiger partial charge in [0.1, 0.15) is 0 Å². The molecule has 152 valence electrons. The summed E-state index contributed by atoms with van der Waals surface area (Å²) in [6.45, 7) is 2.20. The first-order chi connectivity index (χ1) is 14.7. The fraction of sp³-hybridized carbons (Fsp3) is 0.250. The van der Waals surface area contributed by atoms with Crippen LogP contribution in [0.2, 0.25) is 0 Å². The summed E-state index contributed by atoms with van der Waals surface area (Å²) < 4.78 is 0. The minimum atomic E-state index is 0.988. The Kier molecular flexibility index (Phi) is 6.13. The van der Waals surface area contributed by atoms with Crippen molar-refractivity contribution in [1.29, 1.82) is 0 Å². The lowest BCUT2D eigenvalue weighted by Gasteiger charge is -2.23. The quantitative estimate of drug-likeness (QED) is 0.423. The molecule has 0 N–H and O–H groups in total. The van der Waals surface area contributed by atoms with Gasteiger partial charge in [-0.25, -0.2) is 0 Å². The van der Waals surface area contributed by atoms with Gasteiger partial charge in [-0.1, -0.05) is 73.7 Å². The molecule has 0 amide bonds. The molecule has 1 aliphatic carbocycles. The van der Waals surface area contributed by atoms with Gasteiger partial charge in [-0.15, -0.1) is 0 Å². The molecule has 4 rings (SSSR count). The Hall–Kier alpha value is -3.13. The van der Waals surface area contributed by atoms with Gasteiger partial charge in [0.2, 0.25) is 0 Å². The van der Waals surface area contributed by atoms with Gasteiger partial charge in [0.05, 0.1) is 11.2 Å². The minimum absolute atomic E-state index is 0.988. The summed E-state index contributed by atoms with van der Waals surface area (Å²) in [4.78, 5) is 7.07. The van der Waals surface area contributed by atoms with E-state index in [4.69, 9.17) is 4.98 Å². The molecule has 0 spiro atoms. The number of benzene rings is 2. The molecule has 3 aromatic rings. The molecule has 2 heteroatoms. The summed E-state index contributed by atoms with van der Waals surface area (Å²) in [7, 11) is 4.24. The maximum atomic E-state index is 4.86. The zero-order chi connectivity index (χ0) is 20.9. The van der Waals surface area contributed by atoms with Gasteiger partial charge in [0.25, 0.3) is 0 Å². The van der Waals surface area contributed by atoms with Crippen LogP contribution in [-0.2, 0) is 0 Å². The molecule has 0 unspecified atom stereocenters. The molecular formula is C28H30N2. The van der Waals surface area contributed by atoms with Crippen LogP contribution in [0.1, 0.15) is 49.3 Å². The number of anilines is 1. The Morgan fingerprint density at radius 3 is 2.60 bits per heavy atom. The van der Waals surface area contributed by atoms with Crippen molar-refractivity contribution in [3.05, 3.63) is 95.7 Å². The van der Waals surface area contributed by atoms with Crippen LogP contribution < -0.4 is 4.90 Å². The highest BCUT2D eigenvalue weighted by molar-refractivity contribution is 6.04. The molecule has 1 aliphatic rings. The number of rotatable bonds is 5. The number of hydrogen-bond acceptors (Lipinski definition) is 2. The van der Waals surface area contributed by atoms with Crippen molar-refractivity contribution >= 4 is 27.7 Å². The predicted molar refractivity (Wildman–Crippen MR) is 131 cm³/mol. The van der Waals surface area contributed by atoms with Crippen molar-refractivity contribution in [3.63, 3.8) is 0 Å². The second-order valence-corrected chi connectivity index (χ2v) is 7.99. The zero-order valence-corrected chi connectivity index (χ0v) is 18.2. The van der Waals surface area contributed by atoms with Crippen LogP contribution in [0.25, 0.3) is 22.0 Å². The lowest BCUT2D eigenvalue weighted by molar-refractivity contribution is 1.06. The van der Waals surface area contributed by atoms with Crippen LogP contribution in [0, 0.1) is 0 Å². The van der Waals surface area contributed by atoms with Crippen LogP contribution in [0.5, 0.6) is 0 Å². The molecule has 0 saturated carbocycles. The van der Waals surface area contributed by atoms with Gasteiger partial charge in [0.15, 0.2) is 0 Å². The van der Waals surface area contributed by atoms with Crippen LogP contribution in [-0.4, -0.2) is 19.1 Å². The van der Waals surface area contributed by atoms with E-state index in [1.807, 2.05) is 6.20 Å². The molecule has 0 radical (unpaired) electrons. The van der Waals surface area contributed by atoms with E-state index in [1.54, 1.807) is 0 Å². The van der Waals surface area contributed by atoms with Crippen LogP contribution in [0.3, 0.4) is 0 Å². The second-order valence-electron chi connectivity index (χ2n) is 7.99. The number of aromatic nitrogens is 1. The van der Waals surface area contributed by atoms with Crippen molar-refractivity contribution in [2.75, 3.05) is 19.0 Å². The fourth-order valence-corrected chi connectivity index (χ4v) is 4.34. The van der Waals surface area contributed by atoms with Crippen molar-refractivity contribution in [1.82, 2.24) is 4.98 Å². The van der Waals surface area contributed by atoms with Gasteiger partial charge < -0.3 is 4.90 Å². The van der Waals surface area contributed by atoms with Gasteiger partial charge in [-0.2, -0.15) is 0 Å². The van der Waals surface area contributed by atoms with E-state index < -0.39 is 0 Å². The molecule has 2 aromatic carbocycles. The number of hydrogen-bond donors (Lipinski definition) is 0. The van der Waals surface area contributed by atoms with Crippen LogP contribution >= 0.6 is 0 Å². The largest absolute Gasteiger partial charge is 0.375 e. The monoisotopic (exact) mass is 394 g/mol. The highest BCUT2D eigenvalue weighted by Gasteiger charge is 2.18. The van der Waals surface area contributed by atoms with E-state index in [-0.39, 0.29) is 0 Å². The number of pyridine rings is 1. The molecule has 0 aliphatic heterocycles. The molecule has 30 heavy (non-hydrogen) atoms.